The number of ether oxygens (including phenoxy) is 2. The Hall–Kier alpha value is -3.48. The molecule has 2 aromatic rings. The fourth-order valence-electron chi connectivity index (χ4n) is 3.89. The van der Waals surface area contributed by atoms with Crippen molar-refractivity contribution in [2.45, 2.75) is 37.6 Å². The van der Waals surface area contributed by atoms with Crippen molar-refractivity contribution in [3.63, 3.8) is 0 Å². The van der Waals surface area contributed by atoms with E-state index in [-0.39, 0.29) is 10.4 Å². The topological polar surface area (TPSA) is 118 Å². The average Bonchev–Trinajstić information content (AvgIpc) is 3.04. The van der Waals surface area contributed by atoms with Crippen LogP contribution >= 0.6 is 0 Å². The lowest BCUT2D eigenvalue weighted by molar-refractivity contribution is -0.607. The first kappa shape index (κ1) is 21.1. The van der Waals surface area contributed by atoms with E-state index >= 15 is 0 Å². The van der Waals surface area contributed by atoms with E-state index in [2.05, 4.69) is 10.1 Å². The number of nitrogens with zero attached hydrogens (tertiary/aromatic N) is 1. The molecule has 3 N–H and O–H groups in total. The van der Waals surface area contributed by atoms with Gasteiger partial charge in [-0.15, -0.1) is 0 Å². The van der Waals surface area contributed by atoms with Gasteiger partial charge in [0.1, 0.15) is 6.10 Å². The van der Waals surface area contributed by atoms with Gasteiger partial charge < -0.3 is 25.7 Å². The maximum absolute atomic E-state index is 14.6. The second kappa shape index (κ2) is 8.70. The van der Waals surface area contributed by atoms with Crippen LogP contribution in [0.25, 0.3) is 0 Å². The largest absolute Gasteiger partial charge is 0.618 e. The number of hydrogen-bond donors (Lipinski definition) is 2. The third-order valence-corrected chi connectivity index (χ3v) is 5.91. The number of nitrogens with one attached hydrogen (secondary N) is 1. The normalized spacial score (nSPS) is 26.3. The van der Waals surface area contributed by atoms with E-state index in [9.17, 15) is 36.7 Å². The lowest BCUT2D eigenvalue weighted by Gasteiger charge is -2.32. The van der Waals surface area contributed by atoms with Crippen LogP contribution in [0.2, 0.25) is 0 Å². The lowest BCUT2D eigenvalue weighted by Crippen LogP contribution is -2.47. The Labute approximate surface area is 194 Å². The van der Waals surface area contributed by atoms with Crippen molar-refractivity contribution in [2.75, 3.05) is 12.4 Å². The van der Waals surface area contributed by atoms with Gasteiger partial charge in [-0.05, 0) is 13.0 Å². The van der Waals surface area contributed by atoms with E-state index in [1.165, 1.54) is 0 Å². The molecule has 0 radical (unpaired) electrons. The molecular weight excluding hydrogens is 469 g/mol. The number of nitrogens with two attached hydrogens (primary N) is 1. The maximum Gasteiger partial charge on any atom is 0.417 e. The second-order valence-corrected chi connectivity index (χ2v) is 7.82. The van der Waals surface area contributed by atoms with Crippen LogP contribution < -0.4 is 20.5 Å². The summed E-state index contributed by atoms with van der Waals surface area (Å²) in [6, 6.07) is 3.24. The van der Waals surface area contributed by atoms with Crippen LogP contribution in [0.4, 0.5) is 27.6 Å². The Morgan fingerprint density at radius 2 is 2.00 bits per heavy atom. The molecule has 1 aromatic heterocycles. The van der Waals surface area contributed by atoms with Crippen LogP contribution in [0.5, 0.6) is 5.75 Å². The molecule has 1 aliphatic rings. The Morgan fingerprint density at radius 3 is 2.59 bits per heavy atom. The van der Waals surface area contributed by atoms with Crippen molar-refractivity contribution in [1.29, 1.82) is 0 Å². The molecule has 0 aliphatic carbocycles. The van der Waals surface area contributed by atoms with Gasteiger partial charge >= 0.3 is 12.1 Å². The highest BCUT2D eigenvalue weighted by Gasteiger charge is 2.65. The SMILES string of the molecule is [2H]C([2H])([2H])Oc1c([C@H]2[C@@H](C)[C@@](C)(C(F)(F)F)O[C@H]2C(=O)Nc2cc[n+]([O-])c(C(N)=O)c2)ccc(F)c1F. The van der Waals surface area contributed by atoms with Gasteiger partial charge in [-0.3, -0.25) is 9.59 Å². The zero-order valence-corrected chi connectivity index (χ0v) is 17.6. The first-order valence-electron chi connectivity index (χ1n) is 11.1. The molecule has 184 valence electrons. The van der Waals surface area contributed by atoms with E-state index in [4.69, 9.17) is 14.6 Å². The van der Waals surface area contributed by atoms with Gasteiger partial charge in [0.15, 0.2) is 23.4 Å². The molecule has 1 aliphatic heterocycles. The summed E-state index contributed by atoms with van der Waals surface area (Å²) in [4.78, 5) is 24.6. The van der Waals surface area contributed by atoms with Crippen LogP contribution in [0.15, 0.2) is 30.5 Å². The van der Waals surface area contributed by atoms with E-state index in [0.29, 0.717) is 13.0 Å². The minimum absolute atomic E-state index is 0.0926. The first-order chi connectivity index (χ1) is 16.9. The number of halogens is 5. The fraction of sp³-hybridized carbons (Fsp3) is 0.381. The molecule has 0 bridgehead atoms. The van der Waals surface area contributed by atoms with Crippen molar-refractivity contribution in [3.8, 4) is 5.75 Å². The monoisotopic (exact) mass is 492 g/mol. The van der Waals surface area contributed by atoms with Crippen molar-refractivity contribution in [3.05, 3.63) is 58.6 Å². The van der Waals surface area contributed by atoms with Gasteiger partial charge in [-0.25, -0.2) is 4.39 Å². The third kappa shape index (κ3) is 4.11. The fourth-order valence-corrected chi connectivity index (χ4v) is 3.89. The quantitative estimate of drug-likeness (QED) is 0.378. The summed E-state index contributed by atoms with van der Waals surface area (Å²) >= 11 is 0. The smallest absolute Gasteiger partial charge is 0.417 e. The predicted octanol–water partition coefficient (Wildman–Crippen LogP) is 2.78. The first-order valence-corrected chi connectivity index (χ1v) is 9.62. The molecule has 0 spiro atoms. The van der Waals surface area contributed by atoms with Gasteiger partial charge in [-0.2, -0.15) is 22.3 Å². The number of methoxy groups -OCH3 is 1. The maximum atomic E-state index is 14.6. The molecule has 13 heteroatoms. The predicted molar refractivity (Wildman–Crippen MR) is 107 cm³/mol. The Kier molecular flexibility index (Phi) is 5.40. The molecule has 1 fully saturated rings. The summed E-state index contributed by atoms with van der Waals surface area (Å²) in [7, 11) is -3.32. The molecule has 8 nitrogen and oxygen atoms in total. The number of pyridine rings is 1. The Bertz CT molecular complexity index is 1240. The number of alkyl halides is 3. The van der Waals surface area contributed by atoms with Crippen LogP contribution in [0.3, 0.4) is 0 Å². The second-order valence-electron chi connectivity index (χ2n) is 7.82. The molecule has 0 unspecified atom stereocenters. The van der Waals surface area contributed by atoms with Crippen LogP contribution in [-0.4, -0.2) is 36.7 Å². The minimum Gasteiger partial charge on any atom is -0.618 e. The van der Waals surface area contributed by atoms with Crippen molar-refractivity contribution in [1.82, 2.24) is 0 Å². The highest BCUT2D eigenvalue weighted by molar-refractivity contribution is 5.97. The van der Waals surface area contributed by atoms with Crippen molar-refractivity contribution >= 4 is 17.5 Å². The van der Waals surface area contributed by atoms with E-state index < -0.39 is 77.2 Å². The summed E-state index contributed by atoms with van der Waals surface area (Å²) in [5, 5.41) is 13.9. The molecule has 1 aromatic carbocycles. The van der Waals surface area contributed by atoms with Crippen LogP contribution in [0.1, 0.15) is 39.9 Å². The summed E-state index contributed by atoms with van der Waals surface area (Å²) in [6.45, 7) is 1.69. The number of rotatable bonds is 5. The molecule has 2 heterocycles. The Morgan fingerprint density at radius 1 is 1.32 bits per heavy atom. The number of primary amides is 1. The van der Waals surface area contributed by atoms with Gasteiger partial charge in [0.2, 0.25) is 5.82 Å². The third-order valence-electron chi connectivity index (χ3n) is 5.91. The van der Waals surface area contributed by atoms with Crippen LogP contribution in [0, 0.1) is 22.8 Å². The van der Waals surface area contributed by atoms with E-state index in [0.717, 1.165) is 31.3 Å². The molecule has 4 atom stereocenters. The van der Waals surface area contributed by atoms with Crippen molar-refractivity contribution in [2.24, 2.45) is 11.7 Å². The van der Waals surface area contributed by atoms with E-state index in [1.54, 1.807) is 0 Å². The summed E-state index contributed by atoms with van der Waals surface area (Å²) in [5.41, 5.74) is 0.723. The number of benzene rings is 1. The highest BCUT2D eigenvalue weighted by atomic mass is 19.4. The van der Waals surface area contributed by atoms with Crippen LogP contribution in [-0.2, 0) is 9.53 Å². The van der Waals surface area contributed by atoms with Crippen molar-refractivity contribution < 1.29 is 49.9 Å². The highest BCUT2D eigenvalue weighted by Crippen LogP contribution is 2.55. The zero-order valence-electron chi connectivity index (χ0n) is 20.6. The number of amides is 2. The molecule has 3 rings (SSSR count). The number of aromatic nitrogens is 1. The average molecular weight is 492 g/mol. The van der Waals surface area contributed by atoms with Gasteiger partial charge in [0, 0.05) is 29.5 Å². The molecule has 0 saturated carbocycles. The summed E-state index contributed by atoms with van der Waals surface area (Å²) in [6.07, 6.45) is -6.28. The number of hydrogen-bond acceptors (Lipinski definition) is 5. The number of carbonyl (C=O) groups excluding carboxylic acids is 2. The lowest BCUT2D eigenvalue weighted by atomic mass is 9.77. The van der Waals surface area contributed by atoms with Gasteiger partial charge in [0.25, 0.3) is 11.6 Å². The molecule has 34 heavy (non-hydrogen) atoms. The molecule has 1 saturated heterocycles. The minimum atomic E-state index is -5.05. The number of anilines is 1. The number of carbonyl (C=O) groups is 2. The standard InChI is InChI=1S/C21H20F5N3O5/c1-9-14(11-4-5-12(22)15(23)16(11)33-3)17(34-20(9,2)21(24,25)26)19(31)28-10-6-7-29(32)13(8-10)18(27)30/h4-9,14,17H,1-3H3,(H2,27,30)(H,28,31)/t9-,14-,17-,20+/m1/s1/i3D3. The zero-order chi connectivity index (χ0) is 28.1. The van der Waals surface area contributed by atoms with E-state index in [1.807, 2.05) is 0 Å². The van der Waals surface area contributed by atoms with Gasteiger partial charge in [0.05, 0.1) is 16.8 Å². The summed E-state index contributed by atoms with van der Waals surface area (Å²) < 4.78 is 102. The Balaban J connectivity index is 2.13. The molecule has 2 amide bonds. The summed E-state index contributed by atoms with van der Waals surface area (Å²) in [5.74, 6) is -10.2. The van der Waals surface area contributed by atoms with Gasteiger partial charge in [-0.1, -0.05) is 13.0 Å². The molecular formula is C21H20F5N3O5.